The van der Waals surface area contributed by atoms with Crippen molar-refractivity contribution in [1.82, 2.24) is 0 Å². The molecule has 0 aliphatic rings. The molecular formula is C10H20O5S. The summed E-state index contributed by atoms with van der Waals surface area (Å²) in [5.74, 6) is -0.724. The third-order valence-electron chi connectivity index (χ3n) is 2.03. The molecule has 0 aliphatic carbocycles. The first kappa shape index (κ1) is 15.5. The van der Waals surface area contributed by atoms with Gasteiger partial charge in [-0.3, -0.25) is 9.00 Å². The summed E-state index contributed by atoms with van der Waals surface area (Å²) in [6, 6.07) is 0. The monoisotopic (exact) mass is 252 g/mol. The van der Waals surface area contributed by atoms with Gasteiger partial charge in [0.15, 0.2) is 0 Å². The van der Waals surface area contributed by atoms with E-state index in [-0.39, 0.29) is 5.75 Å². The van der Waals surface area contributed by atoms with E-state index in [2.05, 4.69) is 0 Å². The van der Waals surface area contributed by atoms with Gasteiger partial charge in [-0.1, -0.05) is 6.92 Å². The van der Waals surface area contributed by atoms with Crippen LogP contribution in [0.25, 0.3) is 0 Å². The molecule has 0 saturated carbocycles. The van der Waals surface area contributed by atoms with Crippen LogP contribution in [-0.2, 0) is 25.1 Å². The third kappa shape index (κ3) is 6.92. The summed E-state index contributed by atoms with van der Waals surface area (Å²) in [5.41, 5.74) is 0. The molecule has 6 heteroatoms. The van der Waals surface area contributed by atoms with Gasteiger partial charge in [0, 0.05) is 36.9 Å². The minimum Gasteiger partial charge on any atom is -0.480 e. The van der Waals surface area contributed by atoms with Crippen molar-refractivity contribution in [3.63, 3.8) is 0 Å². The summed E-state index contributed by atoms with van der Waals surface area (Å²) < 4.78 is 21.6. The second kappa shape index (κ2) is 9.74. The first-order valence-electron chi connectivity index (χ1n) is 5.30. The molecule has 1 N–H and O–H groups in total. The fraction of sp³-hybridized carbons (Fsp3) is 0.900. The van der Waals surface area contributed by atoms with Crippen LogP contribution in [0.5, 0.6) is 0 Å². The van der Waals surface area contributed by atoms with Crippen molar-refractivity contribution >= 4 is 16.8 Å². The summed E-state index contributed by atoms with van der Waals surface area (Å²) in [7, 11) is 0.268. The van der Waals surface area contributed by atoms with Crippen molar-refractivity contribution in [2.24, 2.45) is 0 Å². The van der Waals surface area contributed by atoms with E-state index >= 15 is 0 Å². The lowest BCUT2D eigenvalue weighted by Crippen LogP contribution is -2.27. The quantitative estimate of drug-likeness (QED) is 0.578. The Hall–Kier alpha value is -0.460. The van der Waals surface area contributed by atoms with Gasteiger partial charge in [-0.15, -0.1) is 0 Å². The largest absolute Gasteiger partial charge is 0.480 e. The molecule has 0 bridgehead atoms. The Labute approximate surface area is 98.6 Å². The minimum atomic E-state index is -1.35. The lowest BCUT2D eigenvalue weighted by atomic mass is 10.3. The van der Waals surface area contributed by atoms with Crippen LogP contribution in [0.4, 0.5) is 0 Å². The van der Waals surface area contributed by atoms with Gasteiger partial charge in [0.2, 0.25) is 0 Å². The van der Waals surface area contributed by atoms with Crippen LogP contribution in [0.3, 0.4) is 0 Å². The molecule has 0 aliphatic heterocycles. The molecule has 0 saturated heterocycles. The van der Waals surface area contributed by atoms with Crippen molar-refractivity contribution in [2.75, 3.05) is 32.7 Å². The van der Waals surface area contributed by atoms with Gasteiger partial charge in [-0.25, -0.2) is 0 Å². The number of ether oxygens (including phenoxy) is 2. The van der Waals surface area contributed by atoms with Gasteiger partial charge in [-0.05, 0) is 12.8 Å². The maximum absolute atomic E-state index is 11.5. The summed E-state index contributed by atoms with van der Waals surface area (Å²) in [6.45, 7) is 3.24. The van der Waals surface area contributed by atoms with E-state index < -0.39 is 22.0 Å². The molecule has 0 radical (unpaired) electrons. The molecule has 0 amide bonds. The summed E-state index contributed by atoms with van der Waals surface area (Å²) >= 11 is 0. The lowest BCUT2D eigenvalue weighted by molar-refractivity contribution is -0.136. The number of carboxylic acids is 1. The Morgan fingerprint density at radius 2 is 2.06 bits per heavy atom. The average Bonchev–Trinajstić information content (AvgIpc) is 2.23. The van der Waals surface area contributed by atoms with Crippen molar-refractivity contribution in [1.29, 1.82) is 0 Å². The maximum Gasteiger partial charge on any atom is 0.319 e. The number of carbonyl (C=O) groups is 1. The SMILES string of the molecule is CCC(C(=O)O)S(=O)CCOCCCOC. The van der Waals surface area contributed by atoms with Gasteiger partial charge < -0.3 is 14.6 Å². The molecule has 0 aromatic carbocycles. The maximum atomic E-state index is 11.5. The Balaban J connectivity index is 3.60. The second-order valence-corrected chi connectivity index (χ2v) is 5.02. The molecule has 96 valence electrons. The van der Waals surface area contributed by atoms with Crippen molar-refractivity contribution < 1.29 is 23.6 Å². The average molecular weight is 252 g/mol. The van der Waals surface area contributed by atoms with Crippen LogP contribution in [0.1, 0.15) is 19.8 Å². The van der Waals surface area contributed by atoms with E-state index in [9.17, 15) is 9.00 Å². The summed E-state index contributed by atoms with van der Waals surface area (Å²) in [6.07, 6.45) is 1.17. The van der Waals surface area contributed by atoms with Gasteiger partial charge in [0.1, 0.15) is 5.25 Å². The smallest absolute Gasteiger partial charge is 0.319 e. The van der Waals surface area contributed by atoms with Crippen LogP contribution in [0, 0.1) is 0 Å². The molecular weight excluding hydrogens is 232 g/mol. The van der Waals surface area contributed by atoms with Gasteiger partial charge in [-0.2, -0.15) is 0 Å². The predicted molar refractivity (Wildman–Crippen MR) is 62.0 cm³/mol. The zero-order chi connectivity index (χ0) is 12.4. The van der Waals surface area contributed by atoms with E-state index in [1.807, 2.05) is 0 Å². The van der Waals surface area contributed by atoms with Crippen LogP contribution in [-0.4, -0.2) is 53.2 Å². The zero-order valence-corrected chi connectivity index (χ0v) is 10.6. The van der Waals surface area contributed by atoms with E-state index in [4.69, 9.17) is 14.6 Å². The summed E-state index contributed by atoms with van der Waals surface area (Å²) in [5, 5.41) is 7.99. The molecule has 2 unspecified atom stereocenters. The topological polar surface area (TPSA) is 72.8 Å². The van der Waals surface area contributed by atoms with Crippen molar-refractivity contribution in [3.05, 3.63) is 0 Å². The fourth-order valence-electron chi connectivity index (χ4n) is 1.16. The molecule has 2 atom stereocenters. The van der Waals surface area contributed by atoms with Crippen molar-refractivity contribution in [3.8, 4) is 0 Å². The van der Waals surface area contributed by atoms with E-state index in [0.717, 1.165) is 6.42 Å². The number of hydrogen-bond donors (Lipinski definition) is 1. The third-order valence-corrected chi connectivity index (χ3v) is 3.77. The number of methoxy groups -OCH3 is 1. The first-order valence-corrected chi connectivity index (χ1v) is 6.68. The molecule has 0 aromatic rings. The minimum absolute atomic E-state index is 0.276. The second-order valence-electron chi connectivity index (χ2n) is 3.28. The number of hydrogen-bond acceptors (Lipinski definition) is 4. The molecule has 5 nitrogen and oxygen atoms in total. The predicted octanol–water partition coefficient (Wildman–Crippen LogP) is 0.651. The highest BCUT2D eigenvalue weighted by Gasteiger charge is 2.21. The van der Waals surface area contributed by atoms with Gasteiger partial charge in [0.05, 0.1) is 6.61 Å². The first-order chi connectivity index (χ1) is 7.63. The van der Waals surface area contributed by atoms with E-state index in [1.54, 1.807) is 14.0 Å². The van der Waals surface area contributed by atoms with E-state index in [0.29, 0.717) is 26.2 Å². The highest BCUT2D eigenvalue weighted by atomic mass is 32.2. The van der Waals surface area contributed by atoms with Gasteiger partial charge in [0.25, 0.3) is 0 Å². The van der Waals surface area contributed by atoms with Crippen LogP contribution >= 0.6 is 0 Å². The van der Waals surface area contributed by atoms with Gasteiger partial charge >= 0.3 is 5.97 Å². The Morgan fingerprint density at radius 1 is 1.38 bits per heavy atom. The molecule has 0 aromatic heterocycles. The summed E-state index contributed by atoms with van der Waals surface area (Å²) in [4.78, 5) is 10.7. The Bertz CT molecular complexity index is 219. The van der Waals surface area contributed by atoms with Crippen LogP contribution in [0.15, 0.2) is 0 Å². The highest BCUT2D eigenvalue weighted by Crippen LogP contribution is 2.02. The normalized spacial score (nSPS) is 14.6. The highest BCUT2D eigenvalue weighted by molar-refractivity contribution is 7.86. The molecule has 0 rings (SSSR count). The standard InChI is InChI=1S/C10H20O5S/c1-3-9(10(11)12)16(13)8-7-15-6-4-5-14-2/h9H,3-8H2,1-2H3,(H,11,12). The van der Waals surface area contributed by atoms with Crippen LogP contribution in [0.2, 0.25) is 0 Å². The fourth-order valence-corrected chi connectivity index (χ4v) is 2.33. The molecule has 0 heterocycles. The van der Waals surface area contributed by atoms with E-state index in [1.165, 1.54) is 0 Å². The molecule has 0 fully saturated rings. The lowest BCUT2D eigenvalue weighted by Gasteiger charge is -2.09. The molecule has 16 heavy (non-hydrogen) atoms. The number of rotatable bonds is 10. The molecule has 0 spiro atoms. The Kier molecular flexibility index (Phi) is 9.46. The Morgan fingerprint density at radius 3 is 2.56 bits per heavy atom. The van der Waals surface area contributed by atoms with Crippen LogP contribution < -0.4 is 0 Å². The van der Waals surface area contributed by atoms with Crippen molar-refractivity contribution in [2.45, 2.75) is 25.0 Å². The zero-order valence-electron chi connectivity index (χ0n) is 9.81. The number of aliphatic carboxylic acids is 1. The number of carboxylic acid groups (broad SMARTS) is 1.